The number of rotatable bonds is 5. The number of esters is 1. The Balaban J connectivity index is 2.00. The summed E-state index contributed by atoms with van der Waals surface area (Å²) < 4.78 is 5.88. The van der Waals surface area contributed by atoms with Crippen molar-refractivity contribution in [2.24, 2.45) is 0 Å². The van der Waals surface area contributed by atoms with Gasteiger partial charge in [-0.3, -0.25) is 9.69 Å². The molecule has 22 heavy (non-hydrogen) atoms. The van der Waals surface area contributed by atoms with E-state index in [0.717, 1.165) is 11.3 Å². The zero-order valence-electron chi connectivity index (χ0n) is 11.8. The highest BCUT2D eigenvalue weighted by Gasteiger charge is 2.17. The molecule has 0 saturated carbocycles. The minimum atomic E-state index is -0.554. The number of thiazole rings is 1. The quantitative estimate of drug-likeness (QED) is 0.729. The first-order valence-corrected chi connectivity index (χ1v) is 8.72. The molecule has 9 heteroatoms. The summed E-state index contributed by atoms with van der Waals surface area (Å²) in [6.45, 7) is 3.89. The van der Waals surface area contributed by atoms with Gasteiger partial charge < -0.3 is 4.74 Å². The van der Waals surface area contributed by atoms with Crippen molar-refractivity contribution < 1.29 is 14.3 Å². The molecule has 2 rings (SSSR count). The van der Waals surface area contributed by atoms with Gasteiger partial charge in [0.1, 0.15) is 10.9 Å². The van der Waals surface area contributed by atoms with Gasteiger partial charge in [0.05, 0.1) is 15.6 Å². The summed E-state index contributed by atoms with van der Waals surface area (Å²) in [5, 5.41) is 2.33. The van der Waals surface area contributed by atoms with E-state index in [0.29, 0.717) is 26.0 Å². The van der Waals surface area contributed by atoms with Crippen molar-refractivity contribution in [1.82, 2.24) is 4.98 Å². The number of ether oxygens (including phenoxy) is 1. The molecule has 1 amide bonds. The number of carbonyl (C=O) groups is 2. The van der Waals surface area contributed by atoms with Gasteiger partial charge in [0.2, 0.25) is 5.91 Å². The monoisotopic (exact) mass is 378 g/mol. The molecule has 0 aliphatic rings. The van der Waals surface area contributed by atoms with Crippen molar-refractivity contribution in [3.63, 3.8) is 0 Å². The van der Waals surface area contributed by atoms with Crippen LogP contribution in [-0.2, 0) is 16.1 Å². The Morgan fingerprint density at radius 2 is 2.14 bits per heavy atom. The van der Waals surface area contributed by atoms with Crippen LogP contribution in [0.3, 0.4) is 0 Å². The predicted molar refractivity (Wildman–Crippen MR) is 89.3 cm³/mol. The fraction of sp³-hybridized carbons (Fsp3) is 0.308. The summed E-state index contributed by atoms with van der Waals surface area (Å²) in [6.07, 6.45) is 0. The minimum Gasteiger partial charge on any atom is -0.455 e. The maximum Gasteiger partial charge on any atom is 0.340 e. The van der Waals surface area contributed by atoms with E-state index in [-0.39, 0.29) is 18.1 Å². The van der Waals surface area contributed by atoms with Gasteiger partial charge in [-0.1, -0.05) is 23.2 Å². The van der Waals surface area contributed by atoms with Gasteiger partial charge in [-0.2, -0.15) is 0 Å². The fourth-order valence-corrected chi connectivity index (χ4v) is 4.03. The Bertz CT molecular complexity index is 699. The third kappa shape index (κ3) is 3.98. The lowest BCUT2D eigenvalue weighted by Crippen LogP contribution is -2.27. The van der Waals surface area contributed by atoms with Crippen molar-refractivity contribution >= 4 is 62.9 Å². The second-order valence-electron chi connectivity index (χ2n) is 4.20. The number of halogens is 2. The summed E-state index contributed by atoms with van der Waals surface area (Å²) >= 11 is 14.1. The lowest BCUT2D eigenvalue weighted by Gasteiger charge is -2.14. The number of nitrogens with zero attached hydrogens (tertiary/aromatic N) is 2. The van der Waals surface area contributed by atoms with E-state index in [2.05, 4.69) is 4.98 Å². The van der Waals surface area contributed by atoms with Crippen LogP contribution in [0, 0.1) is 0 Å². The topological polar surface area (TPSA) is 59.5 Å². The number of anilines is 1. The van der Waals surface area contributed by atoms with E-state index in [1.807, 2.05) is 6.92 Å². The first-order chi connectivity index (χ1) is 10.4. The summed E-state index contributed by atoms with van der Waals surface area (Å²) in [7, 11) is 0. The molecular weight excluding hydrogens is 367 g/mol. The van der Waals surface area contributed by atoms with Crippen LogP contribution in [0.15, 0.2) is 11.4 Å². The Morgan fingerprint density at radius 3 is 2.68 bits per heavy atom. The first-order valence-electron chi connectivity index (χ1n) is 6.26. The van der Waals surface area contributed by atoms with Crippen LogP contribution in [0.5, 0.6) is 0 Å². The van der Waals surface area contributed by atoms with Gasteiger partial charge >= 0.3 is 5.97 Å². The maximum absolute atomic E-state index is 11.9. The number of thiophene rings is 1. The van der Waals surface area contributed by atoms with E-state index < -0.39 is 5.97 Å². The van der Waals surface area contributed by atoms with Crippen molar-refractivity contribution in [3.8, 4) is 0 Å². The lowest BCUT2D eigenvalue weighted by molar-refractivity contribution is -0.116. The van der Waals surface area contributed by atoms with E-state index in [9.17, 15) is 9.59 Å². The molecule has 2 heterocycles. The number of amides is 1. The molecule has 2 aromatic rings. The highest BCUT2D eigenvalue weighted by atomic mass is 35.5. The first kappa shape index (κ1) is 17.2. The van der Waals surface area contributed by atoms with Gasteiger partial charge in [0.15, 0.2) is 5.13 Å². The SMILES string of the molecule is CCN(C(C)=O)c1nc(COC(=O)c2cc(Cl)sc2Cl)cs1. The van der Waals surface area contributed by atoms with Crippen LogP contribution in [0.4, 0.5) is 5.13 Å². The van der Waals surface area contributed by atoms with Crippen molar-refractivity contribution in [2.45, 2.75) is 20.5 Å². The molecule has 0 aliphatic heterocycles. The van der Waals surface area contributed by atoms with Crippen molar-refractivity contribution in [3.05, 3.63) is 31.4 Å². The summed E-state index contributed by atoms with van der Waals surface area (Å²) in [5.74, 6) is -0.637. The Hall–Kier alpha value is -1.15. The minimum absolute atomic E-state index is 0.00852. The van der Waals surface area contributed by atoms with Gasteiger partial charge in [-0.25, -0.2) is 9.78 Å². The Morgan fingerprint density at radius 1 is 1.41 bits per heavy atom. The highest BCUT2D eigenvalue weighted by molar-refractivity contribution is 7.20. The van der Waals surface area contributed by atoms with Crippen LogP contribution in [0.1, 0.15) is 29.9 Å². The van der Waals surface area contributed by atoms with E-state index >= 15 is 0 Å². The molecule has 0 saturated heterocycles. The van der Waals surface area contributed by atoms with E-state index in [4.69, 9.17) is 27.9 Å². The second-order valence-corrected chi connectivity index (χ2v) is 7.32. The van der Waals surface area contributed by atoms with Crippen LogP contribution in [0.2, 0.25) is 8.67 Å². The molecule has 0 unspecified atom stereocenters. The third-order valence-corrected chi connectivity index (χ3v) is 5.09. The molecule has 0 radical (unpaired) electrons. The Labute approximate surface area is 145 Å². The number of carbonyl (C=O) groups excluding carboxylic acids is 2. The summed E-state index contributed by atoms with van der Waals surface area (Å²) in [6, 6.07) is 1.47. The molecule has 5 nitrogen and oxygen atoms in total. The molecule has 0 bridgehead atoms. The molecule has 0 aliphatic carbocycles. The van der Waals surface area contributed by atoms with Crippen molar-refractivity contribution in [1.29, 1.82) is 0 Å². The van der Waals surface area contributed by atoms with Gasteiger partial charge in [0, 0.05) is 18.8 Å². The summed E-state index contributed by atoms with van der Waals surface area (Å²) in [5.41, 5.74) is 0.816. The zero-order chi connectivity index (χ0) is 16.3. The molecular formula is C13H12Cl2N2O3S2. The van der Waals surface area contributed by atoms with Gasteiger partial charge in [0.25, 0.3) is 0 Å². The largest absolute Gasteiger partial charge is 0.455 e. The zero-order valence-corrected chi connectivity index (χ0v) is 14.9. The molecule has 118 valence electrons. The molecule has 0 fully saturated rings. The number of hydrogen-bond acceptors (Lipinski definition) is 6. The standard InChI is InChI=1S/C13H12Cl2N2O3S2/c1-3-17(7(2)18)13-16-8(6-21-13)5-20-12(19)9-4-10(14)22-11(9)15/h4,6H,3,5H2,1-2H3. The predicted octanol–water partition coefficient (Wildman–Crippen LogP) is 4.24. The summed E-state index contributed by atoms with van der Waals surface area (Å²) in [4.78, 5) is 29.2. The Kier molecular flexibility index (Phi) is 5.80. The normalized spacial score (nSPS) is 10.5. The van der Waals surface area contributed by atoms with Gasteiger partial charge in [-0.05, 0) is 13.0 Å². The van der Waals surface area contributed by atoms with Gasteiger partial charge in [-0.15, -0.1) is 22.7 Å². The fourth-order valence-electron chi connectivity index (χ4n) is 1.68. The maximum atomic E-state index is 11.9. The molecule has 0 atom stereocenters. The van der Waals surface area contributed by atoms with Crippen LogP contribution in [-0.4, -0.2) is 23.4 Å². The number of hydrogen-bond donors (Lipinski definition) is 0. The van der Waals surface area contributed by atoms with Crippen LogP contribution >= 0.6 is 45.9 Å². The second kappa shape index (κ2) is 7.41. The lowest BCUT2D eigenvalue weighted by atomic mass is 10.3. The van der Waals surface area contributed by atoms with Crippen molar-refractivity contribution in [2.75, 3.05) is 11.4 Å². The smallest absolute Gasteiger partial charge is 0.340 e. The average Bonchev–Trinajstić information content (AvgIpc) is 3.03. The van der Waals surface area contributed by atoms with E-state index in [1.54, 1.807) is 10.3 Å². The van der Waals surface area contributed by atoms with Crippen LogP contribution in [0.25, 0.3) is 0 Å². The molecule has 2 aromatic heterocycles. The number of aromatic nitrogens is 1. The average molecular weight is 379 g/mol. The molecule has 0 spiro atoms. The van der Waals surface area contributed by atoms with Crippen LogP contribution < -0.4 is 4.90 Å². The third-order valence-electron chi connectivity index (χ3n) is 2.69. The molecule has 0 aromatic carbocycles. The van der Waals surface area contributed by atoms with E-state index in [1.165, 1.54) is 24.3 Å². The molecule has 0 N–H and O–H groups in total. The highest BCUT2D eigenvalue weighted by Crippen LogP contribution is 2.31.